The Kier molecular flexibility index (Phi) is 3.23. The van der Waals surface area contributed by atoms with E-state index in [2.05, 4.69) is 0 Å². The summed E-state index contributed by atoms with van der Waals surface area (Å²) in [5.41, 5.74) is 1.97. The molecule has 0 radical (unpaired) electrons. The fraction of sp³-hybridized carbons (Fsp3) is 0.250. The Morgan fingerprint density at radius 2 is 1.63 bits per heavy atom. The van der Waals surface area contributed by atoms with Gasteiger partial charge in [0, 0.05) is 18.6 Å². The van der Waals surface area contributed by atoms with Gasteiger partial charge in [-0.1, -0.05) is 30.3 Å². The van der Waals surface area contributed by atoms with Gasteiger partial charge in [-0.3, -0.25) is 0 Å². The molecule has 0 unspecified atom stereocenters. The standard InChI is InChI=1S/C16H17NO2/c18-17(11-4-12-17)15-7-9-16(10-8-15)19-13-14-5-2-1-3-6-14/h1-3,5-10H,4,11-13H2. The Morgan fingerprint density at radius 1 is 0.947 bits per heavy atom. The number of nitrogens with zero attached hydrogens (tertiary/aromatic N) is 1. The molecule has 0 aromatic heterocycles. The van der Waals surface area contributed by atoms with Gasteiger partial charge in [0.15, 0.2) is 0 Å². The van der Waals surface area contributed by atoms with Crippen LogP contribution >= 0.6 is 0 Å². The maximum Gasteiger partial charge on any atom is 0.133 e. The van der Waals surface area contributed by atoms with E-state index in [0.717, 1.165) is 23.4 Å². The molecule has 19 heavy (non-hydrogen) atoms. The summed E-state index contributed by atoms with van der Waals surface area (Å²) in [4.78, 5) is 0. The van der Waals surface area contributed by atoms with E-state index in [1.54, 1.807) is 0 Å². The van der Waals surface area contributed by atoms with Crippen molar-refractivity contribution in [1.82, 2.24) is 4.65 Å². The number of quaternary nitrogens is 1. The average Bonchev–Trinajstić information content (AvgIpc) is 2.44. The van der Waals surface area contributed by atoms with Crippen molar-refractivity contribution >= 4 is 5.69 Å². The minimum atomic E-state index is -0.182. The topological polar surface area (TPSA) is 32.3 Å². The SMILES string of the molecule is [O-][N+]1(c2ccc(OCc3ccccc3)cc2)CCC1. The zero-order valence-electron chi connectivity index (χ0n) is 10.8. The van der Waals surface area contributed by atoms with Gasteiger partial charge in [-0.2, -0.15) is 0 Å². The molecule has 0 bridgehead atoms. The first-order valence-electron chi connectivity index (χ1n) is 6.62. The Hall–Kier alpha value is -1.84. The molecule has 0 spiro atoms. The summed E-state index contributed by atoms with van der Waals surface area (Å²) in [6.45, 7) is 1.95. The molecule has 1 saturated heterocycles. The molecule has 2 aromatic carbocycles. The van der Waals surface area contributed by atoms with Gasteiger partial charge < -0.3 is 14.6 Å². The smallest absolute Gasteiger partial charge is 0.133 e. The number of benzene rings is 2. The zero-order chi connectivity index (χ0) is 13.1. The normalized spacial score (nSPS) is 16.7. The van der Waals surface area contributed by atoms with E-state index >= 15 is 0 Å². The van der Waals surface area contributed by atoms with Crippen molar-refractivity contribution in [2.45, 2.75) is 13.0 Å². The highest BCUT2D eigenvalue weighted by Gasteiger charge is 2.28. The molecule has 2 aromatic rings. The van der Waals surface area contributed by atoms with Crippen LogP contribution < -0.4 is 9.38 Å². The van der Waals surface area contributed by atoms with E-state index in [4.69, 9.17) is 4.74 Å². The fourth-order valence-corrected chi connectivity index (χ4v) is 2.26. The first-order valence-corrected chi connectivity index (χ1v) is 6.62. The molecular formula is C16H17NO2. The number of rotatable bonds is 4. The van der Waals surface area contributed by atoms with Crippen LogP contribution in [0.15, 0.2) is 54.6 Å². The van der Waals surface area contributed by atoms with Crippen molar-refractivity contribution in [3.63, 3.8) is 0 Å². The van der Waals surface area contributed by atoms with Crippen LogP contribution in [-0.2, 0) is 6.61 Å². The van der Waals surface area contributed by atoms with Gasteiger partial charge >= 0.3 is 0 Å². The lowest BCUT2D eigenvalue weighted by molar-refractivity contribution is 0.262. The molecule has 0 saturated carbocycles. The lowest BCUT2D eigenvalue weighted by atomic mass is 10.1. The predicted molar refractivity (Wildman–Crippen MR) is 76.7 cm³/mol. The van der Waals surface area contributed by atoms with Crippen LogP contribution in [0.4, 0.5) is 5.69 Å². The molecule has 0 amide bonds. The monoisotopic (exact) mass is 255 g/mol. The molecule has 3 rings (SSSR count). The summed E-state index contributed by atoms with van der Waals surface area (Å²) in [5, 5.41) is 12.1. The maximum absolute atomic E-state index is 12.1. The highest BCUT2D eigenvalue weighted by atomic mass is 16.6. The quantitative estimate of drug-likeness (QED) is 0.619. The molecular weight excluding hydrogens is 238 g/mol. The second kappa shape index (κ2) is 5.03. The lowest BCUT2D eigenvalue weighted by Gasteiger charge is -2.49. The Morgan fingerprint density at radius 3 is 2.21 bits per heavy atom. The molecule has 1 fully saturated rings. The Bertz CT molecular complexity index is 532. The van der Waals surface area contributed by atoms with E-state index in [0.29, 0.717) is 19.7 Å². The van der Waals surface area contributed by atoms with Crippen molar-refractivity contribution in [2.75, 3.05) is 13.1 Å². The molecule has 0 aliphatic carbocycles. The minimum Gasteiger partial charge on any atom is -0.627 e. The number of hydrogen-bond acceptors (Lipinski definition) is 2. The number of hydroxylamine groups is 2. The van der Waals surface area contributed by atoms with Crippen LogP contribution in [0.1, 0.15) is 12.0 Å². The van der Waals surface area contributed by atoms with Crippen LogP contribution in [0.2, 0.25) is 0 Å². The molecule has 3 nitrogen and oxygen atoms in total. The minimum absolute atomic E-state index is 0.182. The summed E-state index contributed by atoms with van der Waals surface area (Å²) < 4.78 is 5.52. The van der Waals surface area contributed by atoms with E-state index < -0.39 is 0 Å². The zero-order valence-corrected chi connectivity index (χ0v) is 10.8. The van der Waals surface area contributed by atoms with E-state index in [-0.39, 0.29) is 4.65 Å². The average molecular weight is 255 g/mol. The number of hydrogen-bond donors (Lipinski definition) is 0. The third kappa shape index (κ3) is 2.62. The molecule has 98 valence electrons. The summed E-state index contributed by atoms with van der Waals surface area (Å²) in [6, 6.07) is 17.6. The fourth-order valence-electron chi connectivity index (χ4n) is 2.26. The summed E-state index contributed by atoms with van der Waals surface area (Å²) >= 11 is 0. The maximum atomic E-state index is 12.1. The molecule has 0 N–H and O–H groups in total. The van der Waals surface area contributed by atoms with E-state index in [1.165, 1.54) is 0 Å². The van der Waals surface area contributed by atoms with Gasteiger partial charge in [-0.25, -0.2) is 0 Å². The van der Waals surface area contributed by atoms with Crippen molar-refractivity contribution in [1.29, 1.82) is 0 Å². The lowest BCUT2D eigenvalue weighted by Crippen LogP contribution is -2.54. The van der Waals surface area contributed by atoms with Crippen molar-refractivity contribution in [3.05, 3.63) is 65.4 Å². The first kappa shape index (κ1) is 12.2. The Balaban J connectivity index is 1.63. The third-order valence-electron chi connectivity index (χ3n) is 3.59. The van der Waals surface area contributed by atoms with Crippen LogP contribution in [0.25, 0.3) is 0 Å². The molecule has 1 heterocycles. The first-order chi connectivity index (χ1) is 9.26. The van der Waals surface area contributed by atoms with Gasteiger partial charge in [0.05, 0.1) is 13.1 Å². The summed E-state index contributed by atoms with van der Waals surface area (Å²) in [5.74, 6) is 0.805. The van der Waals surface area contributed by atoms with Crippen LogP contribution in [0.3, 0.4) is 0 Å². The van der Waals surface area contributed by atoms with Crippen molar-refractivity contribution in [3.8, 4) is 5.75 Å². The van der Waals surface area contributed by atoms with Crippen LogP contribution in [0.5, 0.6) is 5.75 Å². The highest BCUT2D eigenvalue weighted by Crippen LogP contribution is 2.30. The largest absolute Gasteiger partial charge is 0.627 e. The Labute approximate surface area is 113 Å². The predicted octanol–water partition coefficient (Wildman–Crippen LogP) is 3.47. The van der Waals surface area contributed by atoms with Crippen LogP contribution in [-0.4, -0.2) is 13.1 Å². The summed E-state index contributed by atoms with van der Waals surface area (Å²) in [7, 11) is 0. The second-order valence-corrected chi connectivity index (χ2v) is 4.96. The molecule has 1 aliphatic rings. The van der Waals surface area contributed by atoms with Crippen molar-refractivity contribution in [2.24, 2.45) is 0 Å². The van der Waals surface area contributed by atoms with E-state index in [1.807, 2.05) is 54.6 Å². The van der Waals surface area contributed by atoms with Gasteiger partial charge in [0.25, 0.3) is 0 Å². The molecule has 1 aliphatic heterocycles. The van der Waals surface area contributed by atoms with Crippen LogP contribution in [0, 0.1) is 5.21 Å². The third-order valence-corrected chi connectivity index (χ3v) is 3.59. The van der Waals surface area contributed by atoms with Gasteiger partial charge in [-0.15, -0.1) is 0 Å². The highest BCUT2D eigenvalue weighted by molar-refractivity contribution is 5.48. The van der Waals surface area contributed by atoms with E-state index in [9.17, 15) is 5.21 Å². The molecule has 0 atom stereocenters. The van der Waals surface area contributed by atoms with Gasteiger partial charge in [-0.05, 0) is 17.7 Å². The summed E-state index contributed by atoms with van der Waals surface area (Å²) in [6.07, 6.45) is 1.02. The van der Waals surface area contributed by atoms with Gasteiger partial charge in [0.2, 0.25) is 0 Å². The molecule has 3 heteroatoms. The number of ether oxygens (including phenoxy) is 1. The van der Waals surface area contributed by atoms with Gasteiger partial charge in [0.1, 0.15) is 18.0 Å². The second-order valence-electron chi connectivity index (χ2n) is 4.96. The van der Waals surface area contributed by atoms with Crippen molar-refractivity contribution < 1.29 is 4.74 Å².